The molecule has 0 fully saturated rings. The second-order valence-corrected chi connectivity index (χ2v) is 4.56. The quantitative estimate of drug-likeness (QED) is 0.773. The lowest BCUT2D eigenvalue weighted by Gasteiger charge is -2.18. The van der Waals surface area contributed by atoms with Crippen LogP contribution in [0.15, 0.2) is 22.7 Å². The Bertz CT molecular complexity index is 395. The van der Waals surface area contributed by atoms with Crippen molar-refractivity contribution in [2.45, 2.75) is 25.6 Å². The standard InChI is InChI=1S/C11H14BrNO3/c1-6-2-3-8(12)7(4-6)11(16)9(14)5-10(13)15/h2-4,9,11,14,16H,5H2,1H3,(H2,13,15). The number of rotatable bonds is 4. The van der Waals surface area contributed by atoms with Gasteiger partial charge in [0.05, 0.1) is 12.5 Å². The van der Waals surface area contributed by atoms with Gasteiger partial charge < -0.3 is 15.9 Å². The number of aliphatic hydroxyl groups is 2. The summed E-state index contributed by atoms with van der Waals surface area (Å²) in [7, 11) is 0. The third-order valence-corrected chi connectivity index (χ3v) is 2.97. The molecular formula is C11H14BrNO3. The molecule has 0 aliphatic heterocycles. The molecule has 4 nitrogen and oxygen atoms in total. The number of carbonyl (C=O) groups is 1. The smallest absolute Gasteiger partial charge is 0.220 e. The summed E-state index contributed by atoms with van der Waals surface area (Å²) in [4.78, 5) is 10.6. The van der Waals surface area contributed by atoms with Gasteiger partial charge in [-0.3, -0.25) is 4.79 Å². The molecule has 1 aromatic carbocycles. The molecule has 16 heavy (non-hydrogen) atoms. The van der Waals surface area contributed by atoms with Gasteiger partial charge >= 0.3 is 0 Å². The van der Waals surface area contributed by atoms with Crippen LogP contribution in [-0.2, 0) is 4.79 Å². The van der Waals surface area contributed by atoms with E-state index in [1.54, 1.807) is 12.1 Å². The molecule has 0 bridgehead atoms. The predicted molar refractivity (Wildman–Crippen MR) is 63.7 cm³/mol. The third kappa shape index (κ3) is 3.30. The van der Waals surface area contributed by atoms with Crippen LogP contribution in [0, 0.1) is 6.92 Å². The summed E-state index contributed by atoms with van der Waals surface area (Å²) in [5.74, 6) is -0.643. The average molecular weight is 288 g/mol. The summed E-state index contributed by atoms with van der Waals surface area (Å²) in [6, 6.07) is 5.41. The zero-order valence-corrected chi connectivity index (χ0v) is 10.4. The van der Waals surface area contributed by atoms with Crippen molar-refractivity contribution in [1.82, 2.24) is 0 Å². The predicted octanol–water partition coefficient (Wildman–Crippen LogP) is 1.03. The molecular weight excluding hydrogens is 274 g/mol. The molecule has 88 valence electrons. The first-order valence-electron chi connectivity index (χ1n) is 4.82. The molecule has 0 heterocycles. The lowest BCUT2D eigenvalue weighted by atomic mass is 10.0. The fourth-order valence-corrected chi connectivity index (χ4v) is 1.90. The Morgan fingerprint density at radius 3 is 2.69 bits per heavy atom. The van der Waals surface area contributed by atoms with Crippen LogP contribution in [0.3, 0.4) is 0 Å². The number of halogens is 1. The van der Waals surface area contributed by atoms with E-state index in [9.17, 15) is 15.0 Å². The molecule has 0 aliphatic rings. The zero-order valence-electron chi connectivity index (χ0n) is 8.85. The fourth-order valence-electron chi connectivity index (χ4n) is 1.41. The lowest BCUT2D eigenvalue weighted by molar-refractivity contribution is -0.121. The van der Waals surface area contributed by atoms with Gasteiger partial charge in [-0.25, -0.2) is 0 Å². The Kier molecular flexibility index (Phi) is 4.46. The number of hydrogen-bond acceptors (Lipinski definition) is 3. The molecule has 0 aromatic heterocycles. The summed E-state index contributed by atoms with van der Waals surface area (Å²) in [6.07, 6.45) is -2.57. The molecule has 5 heteroatoms. The van der Waals surface area contributed by atoms with Crippen LogP contribution in [0.1, 0.15) is 23.7 Å². The minimum Gasteiger partial charge on any atom is -0.390 e. The molecule has 1 rings (SSSR count). The van der Waals surface area contributed by atoms with Crippen LogP contribution < -0.4 is 5.73 Å². The van der Waals surface area contributed by atoms with Gasteiger partial charge in [0.25, 0.3) is 0 Å². The van der Waals surface area contributed by atoms with Crippen LogP contribution in [-0.4, -0.2) is 22.2 Å². The van der Waals surface area contributed by atoms with Gasteiger partial charge in [0.2, 0.25) is 5.91 Å². The average Bonchev–Trinajstić information content (AvgIpc) is 2.19. The number of benzene rings is 1. The molecule has 0 radical (unpaired) electrons. The molecule has 0 aliphatic carbocycles. The Hall–Kier alpha value is -0.910. The lowest BCUT2D eigenvalue weighted by Crippen LogP contribution is -2.25. The first-order chi connectivity index (χ1) is 7.41. The van der Waals surface area contributed by atoms with Gasteiger partial charge in [-0.15, -0.1) is 0 Å². The van der Waals surface area contributed by atoms with Crippen molar-refractivity contribution in [1.29, 1.82) is 0 Å². The summed E-state index contributed by atoms with van der Waals surface area (Å²) >= 11 is 3.28. The van der Waals surface area contributed by atoms with Gasteiger partial charge in [-0.05, 0) is 18.6 Å². The number of primary amides is 1. The minimum atomic E-state index is -1.18. The maximum absolute atomic E-state index is 10.6. The van der Waals surface area contributed by atoms with E-state index >= 15 is 0 Å². The Morgan fingerprint density at radius 2 is 2.12 bits per heavy atom. The second kappa shape index (κ2) is 5.43. The van der Waals surface area contributed by atoms with E-state index in [0.29, 0.717) is 10.0 Å². The third-order valence-electron chi connectivity index (χ3n) is 2.24. The highest BCUT2D eigenvalue weighted by Gasteiger charge is 2.22. The van der Waals surface area contributed by atoms with Gasteiger partial charge in [-0.1, -0.05) is 33.6 Å². The molecule has 4 N–H and O–H groups in total. The highest BCUT2D eigenvalue weighted by Crippen LogP contribution is 2.27. The fraction of sp³-hybridized carbons (Fsp3) is 0.364. The summed E-state index contributed by atoms with van der Waals surface area (Å²) in [6.45, 7) is 1.88. The van der Waals surface area contributed by atoms with Crippen LogP contribution in [0.2, 0.25) is 0 Å². The second-order valence-electron chi connectivity index (χ2n) is 3.71. The molecule has 2 unspecified atom stereocenters. The number of hydrogen-bond donors (Lipinski definition) is 3. The van der Waals surface area contributed by atoms with Gasteiger partial charge in [0.15, 0.2) is 0 Å². The topological polar surface area (TPSA) is 83.6 Å². The van der Waals surface area contributed by atoms with Crippen molar-refractivity contribution in [3.63, 3.8) is 0 Å². The van der Waals surface area contributed by atoms with E-state index in [2.05, 4.69) is 15.9 Å². The van der Waals surface area contributed by atoms with Crippen molar-refractivity contribution in [3.05, 3.63) is 33.8 Å². The van der Waals surface area contributed by atoms with Crippen molar-refractivity contribution in [2.24, 2.45) is 5.73 Å². The Morgan fingerprint density at radius 1 is 1.50 bits per heavy atom. The summed E-state index contributed by atoms with van der Waals surface area (Å²) in [5.41, 5.74) is 6.47. The molecule has 0 saturated carbocycles. The van der Waals surface area contributed by atoms with E-state index in [1.165, 1.54) is 0 Å². The van der Waals surface area contributed by atoms with Crippen molar-refractivity contribution in [2.75, 3.05) is 0 Å². The first kappa shape index (κ1) is 13.2. The number of amides is 1. The van der Waals surface area contributed by atoms with E-state index < -0.39 is 18.1 Å². The van der Waals surface area contributed by atoms with E-state index in [4.69, 9.17) is 5.73 Å². The van der Waals surface area contributed by atoms with Gasteiger partial charge in [0, 0.05) is 4.47 Å². The first-order valence-corrected chi connectivity index (χ1v) is 5.61. The highest BCUT2D eigenvalue weighted by molar-refractivity contribution is 9.10. The van der Waals surface area contributed by atoms with Crippen molar-refractivity contribution >= 4 is 21.8 Å². The van der Waals surface area contributed by atoms with Crippen LogP contribution >= 0.6 is 15.9 Å². The van der Waals surface area contributed by atoms with Gasteiger partial charge in [0.1, 0.15) is 6.10 Å². The largest absolute Gasteiger partial charge is 0.390 e. The molecule has 1 amide bonds. The van der Waals surface area contributed by atoms with Crippen molar-refractivity contribution < 1.29 is 15.0 Å². The molecule has 1 aromatic rings. The number of nitrogens with two attached hydrogens (primary N) is 1. The van der Waals surface area contributed by atoms with Crippen molar-refractivity contribution in [3.8, 4) is 0 Å². The Labute approximate surface area is 102 Å². The van der Waals surface area contributed by atoms with E-state index in [1.807, 2.05) is 13.0 Å². The van der Waals surface area contributed by atoms with E-state index in [-0.39, 0.29) is 6.42 Å². The van der Waals surface area contributed by atoms with Crippen LogP contribution in [0.4, 0.5) is 0 Å². The molecule has 2 atom stereocenters. The van der Waals surface area contributed by atoms with Gasteiger partial charge in [-0.2, -0.15) is 0 Å². The summed E-state index contributed by atoms with van der Waals surface area (Å²) in [5, 5.41) is 19.4. The van der Waals surface area contributed by atoms with E-state index in [0.717, 1.165) is 5.56 Å². The van der Waals surface area contributed by atoms with Crippen LogP contribution in [0.25, 0.3) is 0 Å². The maximum Gasteiger partial charge on any atom is 0.220 e. The molecule has 0 saturated heterocycles. The van der Waals surface area contributed by atoms with Crippen LogP contribution in [0.5, 0.6) is 0 Å². The Balaban J connectivity index is 2.90. The number of aliphatic hydroxyl groups excluding tert-OH is 2. The normalized spacial score (nSPS) is 14.5. The number of aryl methyl sites for hydroxylation is 1. The highest BCUT2D eigenvalue weighted by atomic mass is 79.9. The maximum atomic E-state index is 10.6. The SMILES string of the molecule is Cc1ccc(Br)c(C(O)C(O)CC(N)=O)c1. The zero-order chi connectivity index (χ0) is 12.3. The minimum absolute atomic E-state index is 0.262. The summed E-state index contributed by atoms with van der Waals surface area (Å²) < 4.78 is 0.689. The monoisotopic (exact) mass is 287 g/mol. The number of carbonyl (C=O) groups excluding carboxylic acids is 1. The molecule has 0 spiro atoms.